The van der Waals surface area contributed by atoms with Gasteiger partial charge in [-0.2, -0.15) is 5.10 Å². The molecule has 0 radical (unpaired) electrons. The minimum absolute atomic E-state index is 0.270. The van der Waals surface area contributed by atoms with Crippen molar-refractivity contribution >= 4 is 10.9 Å². The van der Waals surface area contributed by atoms with E-state index in [1.165, 1.54) is 12.1 Å². The predicted octanol–water partition coefficient (Wildman–Crippen LogP) is 5.90. The van der Waals surface area contributed by atoms with Gasteiger partial charge in [-0.15, -0.1) is 0 Å². The van der Waals surface area contributed by atoms with Crippen molar-refractivity contribution in [2.24, 2.45) is 0 Å². The molecule has 5 rings (SSSR count). The van der Waals surface area contributed by atoms with E-state index in [1.807, 2.05) is 77.5 Å². The van der Waals surface area contributed by atoms with Crippen LogP contribution >= 0.6 is 0 Å². The molecule has 5 aromatic rings. The summed E-state index contributed by atoms with van der Waals surface area (Å²) in [4.78, 5) is 4.76. The molecule has 0 aliphatic carbocycles. The monoisotopic (exact) mass is 395 g/mol. The van der Waals surface area contributed by atoms with Gasteiger partial charge < -0.3 is 4.74 Å². The quantitative estimate of drug-likeness (QED) is 0.380. The Bertz CT molecular complexity index is 1330. The molecule has 0 atom stereocenters. The number of pyridine rings is 1. The molecule has 0 spiro atoms. The van der Waals surface area contributed by atoms with Crippen molar-refractivity contribution in [2.45, 2.75) is 0 Å². The van der Waals surface area contributed by atoms with Gasteiger partial charge in [0.2, 0.25) is 0 Å². The van der Waals surface area contributed by atoms with Crippen LogP contribution in [0.2, 0.25) is 0 Å². The summed E-state index contributed by atoms with van der Waals surface area (Å²) in [6, 6.07) is 28.1. The first-order chi connectivity index (χ1) is 14.7. The molecule has 3 aromatic carbocycles. The van der Waals surface area contributed by atoms with Gasteiger partial charge in [0.25, 0.3) is 0 Å². The summed E-state index contributed by atoms with van der Waals surface area (Å²) in [5.74, 6) is 0.526. The Morgan fingerprint density at radius 1 is 0.800 bits per heavy atom. The normalized spacial score (nSPS) is 11.0. The lowest BCUT2D eigenvalue weighted by Crippen LogP contribution is -2.00. The fourth-order valence-electron chi connectivity index (χ4n) is 3.47. The van der Waals surface area contributed by atoms with E-state index in [-0.39, 0.29) is 5.82 Å². The van der Waals surface area contributed by atoms with Crippen molar-refractivity contribution in [3.8, 4) is 34.1 Å². The number of rotatable bonds is 4. The number of benzene rings is 3. The maximum absolute atomic E-state index is 13.5. The van der Waals surface area contributed by atoms with Crippen LogP contribution in [-0.2, 0) is 0 Å². The summed E-state index contributed by atoms with van der Waals surface area (Å²) < 4.78 is 20.7. The van der Waals surface area contributed by atoms with E-state index < -0.39 is 0 Å². The molecule has 0 saturated carbocycles. The van der Waals surface area contributed by atoms with E-state index in [4.69, 9.17) is 14.8 Å². The third-order valence-electron chi connectivity index (χ3n) is 5.01. The molecule has 5 heteroatoms. The van der Waals surface area contributed by atoms with Crippen molar-refractivity contribution in [1.29, 1.82) is 0 Å². The van der Waals surface area contributed by atoms with Crippen LogP contribution in [0.3, 0.4) is 0 Å². The molecule has 0 saturated heterocycles. The summed E-state index contributed by atoms with van der Waals surface area (Å²) in [5, 5.41) is 5.62. The zero-order valence-electron chi connectivity index (χ0n) is 16.3. The van der Waals surface area contributed by atoms with Crippen LogP contribution in [0.15, 0.2) is 91.0 Å². The highest BCUT2D eigenvalue weighted by molar-refractivity contribution is 5.82. The van der Waals surface area contributed by atoms with Crippen LogP contribution in [0, 0.1) is 5.82 Å². The first-order valence-electron chi connectivity index (χ1n) is 9.58. The topological polar surface area (TPSA) is 39.9 Å². The number of nitrogens with zero attached hydrogens (tertiary/aromatic N) is 3. The van der Waals surface area contributed by atoms with Crippen molar-refractivity contribution in [1.82, 2.24) is 14.8 Å². The second kappa shape index (κ2) is 7.44. The number of methoxy groups -OCH3 is 1. The maximum atomic E-state index is 13.5. The van der Waals surface area contributed by atoms with E-state index in [9.17, 15) is 4.39 Å². The summed E-state index contributed by atoms with van der Waals surface area (Å²) >= 11 is 0. The zero-order chi connectivity index (χ0) is 20.5. The molecular formula is C25H18FN3O. The molecule has 146 valence electrons. The minimum Gasteiger partial charge on any atom is -0.497 e. The fourth-order valence-corrected chi connectivity index (χ4v) is 3.47. The van der Waals surface area contributed by atoms with Crippen LogP contribution in [0.5, 0.6) is 5.75 Å². The Balaban J connectivity index is 1.67. The molecule has 2 heterocycles. The lowest BCUT2D eigenvalue weighted by atomic mass is 10.1. The van der Waals surface area contributed by atoms with Gasteiger partial charge in [-0.25, -0.2) is 14.1 Å². The minimum atomic E-state index is -0.270. The maximum Gasteiger partial charge on any atom is 0.123 e. The Morgan fingerprint density at radius 3 is 2.37 bits per heavy atom. The van der Waals surface area contributed by atoms with Crippen LogP contribution in [0.1, 0.15) is 0 Å². The summed E-state index contributed by atoms with van der Waals surface area (Å²) in [7, 11) is 1.65. The van der Waals surface area contributed by atoms with Gasteiger partial charge in [-0.3, -0.25) is 0 Å². The average molecular weight is 395 g/mol. The first kappa shape index (κ1) is 18.1. The molecule has 30 heavy (non-hydrogen) atoms. The zero-order valence-corrected chi connectivity index (χ0v) is 16.3. The lowest BCUT2D eigenvalue weighted by Gasteiger charge is -2.08. The van der Waals surface area contributed by atoms with Gasteiger partial charge in [0, 0.05) is 10.9 Å². The lowest BCUT2D eigenvalue weighted by molar-refractivity contribution is 0.415. The number of ether oxygens (including phenoxy) is 1. The number of hydrogen-bond donors (Lipinski definition) is 0. The van der Waals surface area contributed by atoms with E-state index in [0.29, 0.717) is 0 Å². The van der Waals surface area contributed by atoms with Crippen molar-refractivity contribution < 1.29 is 9.13 Å². The van der Waals surface area contributed by atoms with Gasteiger partial charge >= 0.3 is 0 Å². The predicted molar refractivity (Wildman–Crippen MR) is 116 cm³/mol. The molecule has 0 aliphatic rings. The number of fused-ring (bicyclic) bond motifs is 1. The van der Waals surface area contributed by atoms with Gasteiger partial charge in [0.15, 0.2) is 0 Å². The largest absolute Gasteiger partial charge is 0.497 e. The Hall–Kier alpha value is -3.99. The summed E-state index contributed by atoms with van der Waals surface area (Å²) in [5.41, 5.74) is 5.12. The van der Waals surface area contributed by atoms with Gasteiger partial charge in [-0.1, -0.05) is 24.3 Å². The average Bonchev–Trinajstić information content (AvgIpc) is 3.25. The smallest absolute Gasteiger partial charge is 0.123 e. The first-order valence-corrected chi connectivity index (χ1v) is 9.58. The van der Waals surface area contributed by atoms with Crippen molar-refractivity contribution in [3.05, 3.63) is 96.8 Å². The number of hydrogen-bond acceptors (Lipinski definition) is 3. The summed E-state index contributed by atoms with van der Waals surface area (Å²) in [6.45, 7) is 0. The molecular weight excluding hydrogens is 377 g/mol. The van der Waals surface area contributed by atoms with E-state index in [2.05, 4.69) is 0 Å². The Labute approximate surface area is 173 Å². The highest BCUT2D eigenvalue weighted by Crippen LogP contribution is 2.30. The molecule has 0 unspecified atom stereocenters. The van der Waals surface area contributed by atoms with Crippen LogP contribution < -0.4 is 4.74 Å². The third-order valence-corrected chi connectivity index (χ3v) is 5.01. The SMILES string of the molecule is COc1ccc(-c2cc(-c3ccc4cc(F)ccc4n3)n(-c3ccccc3)n2)cc1. The highest BCUT2D eigenvalue weighted by atomic mass is 19.1. The number of para-hydroxylation sites is 1. The Kier molecular flexibility index (Phi) is 4.48. The van der Waals surface area contributed by atoms with Gasteiger partial charge in [0.1, 0.15) is 11.6 Å². The summed E-state index contributed by atoms with van der Waals surface area (Å²) in [6.07, 6.45) is 0. The van der Waals surface area contributed by atoms with Crippen LogP contribution in [0.4, 0.5) is 4.39 Å². The molecule has 0 aliphatic heterocycles. The molecule has 2 aromatic heterocycles. The molecule has 0 amide bonds. The molecule has 0 fully saturated rings. The Morgan fingerprint density at radius 2 is 1.60 bits per heavy atom. The third kappa shape index (κ3) is 3.31. The number of halogens is 1. The van der Waals surface area contributed by atoms with E-state index in [1.54, 1.807) is 13.2 Å². The molecule has 0 N–H and O–H groups in total. The van der Waals surface area contributed by atoms with Crippen LogP contribution in [-0.4, -0.2) is 21.9 Å². The second-order valence-corrected chi connectivity index (χ2v) is 6.92. The van der Waals surface area contributed by atoms with Gasteiger partial charge in [-0.05, 0) is 66.7 Å². The standard InChI is InChI=1S/C25H18FN3O/c1-30-21-11-7-17(8-12-21)24-16-25(29(28-24)20-5-3-2-4-6-20)23-13-9-18-15-19(26)10-14-22(18)27-23/h2-16H,1H3. The van der Waals surface area contributed by atoms with Crippen molar-refractivity contribution in [3.63, 3.8) is 0 Å². The second-order valence-electron chi connectivity index (χ2n) is 6.92. The number of aromatic nitrogens is 3. The van der Waals surface area contributed by atoms with Gasteiger partial charge in [0.05, 0.1) is 35.4 Å². The van der Waals surface area contributed by atoms with E-state index >= 15 is 0 Å². The highest BCUT2D eigenvalue weighted by Gasteiger charge is 2.15. The fraction of sp³-hybridized carbons (Fsp3) is 0.0400. The van der Waals surface area contributed by atoms with Crippen molar-refractivity contribution in [2.75, 3.05) is 7.11 Å². The van der Waals surface area contributed by atoms with Crippen LogP contribution in [0.25, 0.3) is 39.2 Å². The van der Waals surface area contributed by atoms with E-state index in [0.717, 1.165) is 45.0 Å². The molecule has 4 nitrogen and oxygen atoms in total. The molecule has 0 bridgehead atoms.